The Labute approximate surface area is 219 Å². The topological polar surface area (TPSA) is 155 Å². The van der Waals surface area contributed by atoms with Gasteiger partial charge in [0.25, 0.3) is 0 Å². The van der Waals surface area contributed by atoms with Crippen LogP contribution in [-0.4, -0.2) is 56.9 Å². The van der Waals surface area contributed by atoms with Crippen molar-refractivity contribution in [1.82, 2.24) is 14.6 Å². The molecule has 0 radical (unpaired) electrons. The molecule has 0 spiro atoms. The smallest absolute Gasteiger partial charge is 0.459 e. The monoisotopic (exact) mass is 608 g/mol. The first-order chi connectivity index (χ1) is 16.9. The second-order valence-corrected chi connectivity index (χ2v) is 12.2. The summed E-state index contributed by atoms with van der Waals surface area (Å²) in [6.07, 6.45) is -2.50. The fourth-order valence-corrected chi connectivity index (χ4v) is 6.50. The molecule has 11 nitrogen and oxygen atoms in total. The molecule has 0 aliphatic carbocycles. The average Bonchev–Trinajstić information content (AvgIpc) is 3.07. The van der Waals surface area contributed by atoms with Crippen LogP contribution in [0.15, 0.2) is 45.8 Å². The third kappa shape index (κ3) is 7.30. The third-order valence-corrected chi connectivity index (χ3v) is 8.63. The van der Waals surface area contributed by atoms with E-state index < -0.39 is 61.1 Å². The van der Waals surface area contributed by atoms with Crippen LogP contribution in [0, 0.1) is 0 Å². The number of anilines is 1. The van der Waals surface area contributed by atoms with Gasteiger partial charge in [0, 0.05) is 10.7 Å². The summed E-state index contributed by atoms with van der Waals surface area (Å²) in [6, 6.07) is 6.65. The summed E-state index contributed by atoms with van der Waals surface area (Å²) >= 11 is 4.21. The molecule has 1 aliphatic rings. The minimum absolute atomic E-state index is 0.0164. The number of esters is 1. The number of nitrogens with zero attached hydrogens (tertiary/aromatic N) is 2. The van der Waals surface area contributed by atoms with Crippen LogP contribution in [0.4, 0.5) is 10.2 Å². The maximum absolute atomic E-state index is 14.9. The van der Waals surface area contributed by atoms with Crippen LogP contribution < -0.4 is 21.0 Å². The summed E-state index contributed by atoms with van der Waals surface area (Å²) < 4.78 is 46.6. The quantitative estimate of drug-likeness (QED) is 0.269. The number of rotatable bonds is 10. The lowest BCUT2D eigenvalue weighted by atomic mass is 10.1. The van der Waals surface area contributed by atoms with Crippen LogP contribution in [-0.2, 0) is 18.6 Å². The number of thioether (sulfide) groups is 1. The number of hydrogen-bond donors (Lipinski definition) is 3. The molecule has 36 heavy (non-hydrogen) atoms. The number of aliphatic hydroxyl groups is 1. The molecule has 1 aromatic heterocycles. The molecule has 1 aliphatic heterocycles. The fraction of sp³-hybridized carbons (Fsp3) is 0.476. The zero-order valence-corrected chi connectivity index (χ0v) is 22.9. The minimum Gasteiger partial charge on any atom is -0.462 e. The molecule has 198 valence electrons. The Morgan fingerprint density at radius 3 is 2.61 bits per heavy atom. The number of aromatic nitrogens is 2. The number of ether oxygens (including phenoxy) is 1. The highest BCUT2D eigenvalue weighted by Gasteiger charge is 2.46. The maximum atomic E-state index is 14.9. The molecule has 15 heteroatoms. The number of aliphatic hydroxyl groups excluding tert-OH is 1. The van der Waals surface area contributed by atoms with Crippen molar-refractivity contribution in [2.24, 2.45) is 0 Å². The number of halogens is 2. The van der Waals surface area contributed by atoms with Crippen molar-refractivity contribution in [3.05, 3.63) is 51.5 Å². The first kappa shape index (κ1) is 28.6. The van der Waals surface area contributed by atoms with Crippen LogP contribution in [0.1, 0.15) is 26.1 Å². The number of hydrogen-bond acceptors (Lipinski definition) is 10. The van der Waals surface area contributed by atoms with Gasteiger partial charge in [-0.25, -0.2) is 13.8 Å². The highest BCUT2D eigenvalue weighted by atomic mass is 79.9. The van der Waals surface area contributed by atoms with Crippen molar-refractivity contribution in [3.8, 4) is 5.75 Å². The highest BCUT2D eigenvalue weighted by Crippen LogP contribution is 2.49. The van der Waals surface area contributed by atoms with Gasteiger partial charge in [-0.2, -0.15) is 10.1 Å². The Morgan fingerprint density at radius 2 is 2.00 bits per heavy atom. The van der Waals surface area contributed by atoms with Crippen molar-refractivity contribution >= 4 is 47.2 Å². The molecule has 0 saturated carbocycles. The summed E-state index contributed by atoms with van der Waals surface area (Å²) in [6.45, 7) is 4.35. The molecule has 4 N–H and O–H groups in total. The second-order valence-electron chi connectivity index (χ2n) is 8.22. The largest absolute Gasteiger partial charge is 0.462 e. The van der Waals surface area contributed by atoms with Crippen molar-refractivity contribution in [3.63, 3.8) is 0 Å². The van der Waals surface area contributed by atoms with Gasteiger partial charge >= 0.3 is 19.4 Å². The number of carbonyl (C=O) groups excluding carboxylic acids is 1. The predicted octanol–water partition coefficient (Wildman–Crippen LogP) is 3.03. The van der Waals surface area contributed by atoms with E-state index in [0.29, 0.717) is 0 Å². The van der Waals surface area contributed by atoms with Crippen LogP contribution in [0.25, 0.3) is 0 Å². The zero-order valence-electron chi connectivity index (χ0n) is 19.6. The van der Waals surface area contributed by atoms with Crippen molar-refractivity contribution < 1.29 is 32.6 Å². The lowest BCUT2D eigenvalue weighted by Crippen LogP contribution is -2.37. The van der Waals surface area contributed by atoms with Crippen LogP contribution in [0.2, 0.25) is 0 Å². The summed E-state index contributed by atoms with van der Waals surface area (Å²) in [5.41, 5.74) is 4.72. The van der Waals surface area contributed by atoms with E-state index in [1.165, 1.54) is 31.3 Å². The van der Waals surface area contributed by atoms with Crippen LogP contribution in [0.5, 0.6) is 5.75 Å². The first-order valence-corrected chi connectivity index (χ1v) is 14.2. The van der Waals surface area contributed by atoms with E-state index in [1.54, 1.807) is 26.0 Å². The molecular weight excluding hydrogens is 582 g/mol. The number of nitrogens with two attached hydrogens (primary N) is 1. The summed E-state index contributed by atoms with van der Waals surface area (Å²) in [7, 11) is -4.23. The van der Waals surface area contributed by atoms with Gasteiger partial charge < -0.3 is 20.1 Å². The second kappa shape index (κ2) is 12.1. The van der Waals surface area contributed by atoms with Gasteiger partial charge in [-0.1, -0.05) is 15.9 Å². The van der Waals surface area contributed by atoms with Gasteiger partial charge in [0.05, 0.1) is 18.0 Å². The summed E-state index contributed by atoms with van der Waals surface area (Å²) in [4.78, 5) is 28.0. The molecule has 0 amide bonds. The van der Waals surface area contributed by atoms with Gasteiger partial charge in [-0.3, -0.25) is 13.9 Å². The summed E-state index contributed by atoms with van der Waals surface area (Å²) in [5, 5.41) is 11.0. The molecule has 2 heterocycles. The lowest BCUT2D eigenvalue weighted by molar-refractivity contribution is -0.149. The van der Waals surface area contributed by atoms with Crippen molar-refractivity contribution in [1.29, 1.82) is 0 Å². The molecule has 1 aromatic carbocycles. The van der Waals surface area contributed by atoms with E-state index in [-0.39, 0.29) is 11.6 Å². The standard InChI is InChI=1S/C21H27BrFN4O7PS/c1-11(2)33-20(29)12(3)26-35(31,34-14-6-4-13(22)5-7-14)32-10-15-18(28)17(23)19(36-15)27-9-8-16(24)25-21(27)30/h4-9,11-12,15,17-19,28H,10H2,1-3H3,(H,26,31)(H2,24,25,30)/t12-,15+,17-,18+,19+,35-/m0/s1. The number of nitrogen functional groups attached to an aromatic ring is 1. The molecule has 1 saturated heterocycles. The van der Waals surface area contributed by atoms with Gasteiger partial charge in [0.1, 0.15) is 29.1 Å². The Kier molecular flexibility index (Phi) is 9.58. The van der Waals surface area contributed by atoms with Crippen LogP contribution >= 0.6 is 35.4 Å². The van der Waals surface area contributed by atoms with E-state index in [2.05, 4.69) is 26.0 Å². The maximum Gasteiger partial charge on any atom is 0.459 e. The average molecular weight is 609 g/mol. The fourth-order valence-electron chi connectivity index (χ4n) is 3.20. The van der Waals surface area contributed by atoms with E-state index in [9.17, 15) is 23.7 Å². The Bertz CT molecular complexity index is 1170. The Morgan fingerprint density at radius 1 is 1.33 bits per heavy atom. The molecule has 1 fully saturated rings. The van der Waals surface area contributed by atoms with Gasteiger partial charge in [-0.15, -0.1) is 11.8 Å². The minimum atomic E-state index is -4.23. The Balaban J connectivity index is 1.76. The van der Waals surface area contributed by atoms with Crippen LogP contribution in [0.3, 0.4) is 0 Å². The van der Waals surface area contributed by atoms with Crippen molar-refractivity contribution in [2.45, 2.75) is 55.8 Å². The number of benzene rings is 1. The predicted molar refractivity (Wildman–Crippen MR) is 136 cm³/mol. The van der Waals surface area contributed by atoms with E-state index in [0.717, 1.165) is 20.8 Å². The third-order valence-electron chi connectivity index (χ3n) is 4.92. The first-order valence-electron chi connectivity index (χ1n) is 10.9. The van der Waals surface area contributed by atoms with E-state index in [4.69, 9.17) is 19.5 Å². The van der Waals surface area contributed by atoms with Gasteiger partial charge in [0.2, 0.25) is 0 Å². The highest BCUT2D eigenvalue weighted by molar-refractivity contribution is 9.10. The molecular formula is C21H27BrFN4O7PS. The van der Waals surface area contributed by atoms with Gasteiger partial charge in [0.15, 0.2) is 6.17 Å². The Hall–Kier alpha value is -1.96. The van der Waals surface area contributed by atoms with E-state index in [1.807, 2.05) is 0 Å². The van der Waals surface area contributed by atoms with E-state index >= 15 is 0 Å². The summed E-state index contributed by atoms with van der Waals surface area (Å²) in [5.74, 6) is -0.515. The van der Waals surface area contributed by atoms with Crippen molar-refractivity contribution in [2.75, 3.05) is 12.3 Å². The molecule has 0 unspecified atom stereocenters. The van der Waals surface area contributed by atoms with Gasteiger partial charge in [-0.05, 0) is 51.1 Å². The lowest BCUT2D eigenvalue weighted by Gasteiger charge is -2.25. The normalized spacial score (nSPS) is 24.3. The number of nitrogens with one attached hydrogen (secondary N) is 1. The zero-order chi connectivity index (χ0) is 26.6. The SMILES string of the molecule is CC(C)OC(=O)[C@H](C)N[P@](=O)(OC[C@H]1S[C@@H](n2ccc(N)nc2=O)[C@@H](F)[C@@H]1O)Oc1ccc(Br)cc1. The number of alkyl halides is 1. The molecule has 6 atom stereocenters. The molecule has 2 aromatic rings. The molecule has 3 rings (SSSR count). The number of carbonyl (C=O) groups is 1. The molecule has 0 bridgehead atoms.